The molecule has 1 fully saturated rings. The third-order valence-electron chi connectivity index (χ3n) is 1.12. The van der Waals surface area contributed by atoms with Gasteiger partial charge in [0.25, 0.3) is 0 Å². The number of amides is 1. The Hall–Kier alpha value is -0.990. The minimum atomic E-state index is -0.321. The molecule has 0 aromatic carbocycles. The van der Waals surface area contributed by atoms with Crippen molar-refractivity contribution < 1.29 is 9.53 Å². The molecule has 1 unspecified atom stereocenters. The van der Waals surface area contributed by atoms with Crippen LogP contribution in [-0.4, -0.2) is 18.7 Å². The highest BCUT2D eigenvalue weighted by Gasteiger charge is 2.18. The first-order chi connectivity index (χ1) is 4.33. The fourth-order valence-corrected chi connectivity index (χ4v) is 0.736. The smallest absolute Gasteiger partial charge is 0.407 e. The van der Waals surface area contributed by atoms with Crippen molar-refractivity contribution in [2.75, 3.05) is 6.61 Å². The average molecular weight is 127 g/mol. The number of alkyl carbamates (subject to hydrolysis) is 1. The zero-order valence-electron chi connectivity index (χ0n) is 5.26. The molecule has 1 saturated heterocycles. The van der Waals surface area contributed by atoms with Crippen LogP contribution in [0.5, 0.6) is 0 Å². The normalized spacial score (nSPS) is 26.3. The Morgan fingerprint density at radius 1 is 1.89 bits per heavy atom. The minimum absolute atomic E-state index is 0.0856. The van der Waals surface area contributed by atoms with Crippen LogP contribution in [0.25, 0.3) is 0 Å². The maximum absolute atomic E-state index is 10.4. The van der Waals surface area contributed by atoms with Gasteiger partial charge >= 0.3 is 6.09 Å². The van der Waals surface area contributed by atoms with E-state index in [0.717, 1.165) is 0 Å². The molecule has 1 heterocycles. The van der Waals surface area contributed by atoms with Crippen molar-refractivity contribution in [2.45, 2.75) is 13.0 Å². The van der Waals surface area contributed by atoms with E-state index in [4.69, 9.17) is 0 Å². The van der Waals surface area contributed by atoms with E-state index in [1.54, 1.807) is 0 Å². The molecule has 0 radical (unpaired) electrons. The molecule has 1 rings (SSSR count). The van der Waals surface area contributed by atoms with Crippen molar-refractivity contribution in [3.63, 3.8) is 0 Å². The lowest BCUT2D eigenvalue weighted by Crippen LogP contribution is -2.23. The number of nitrogens with one attached hydrogen (secondary N) is 1. The Kier molecular flexibility index (Phi) is 1.72. The second-order valence-electron chi connectivity index (χ2n) is 1.88. The van der Waals surface area contributed by atoms with E-state index in [1.807, 2.05) is 19.1 Å². The van der Waals surface area contributed by atoms with Gasteiger partial charge in [0.2, 0.25) is 0 Å². The van der Waals surface area contributed by atoms with Crippen LogP contribution in [0.2, 0.25) is 0 Å². The van der Waals surface area contributed by atoms with Gasteiger partial charge in [-0.15, -0.1) is 0 Å². The summed E-state index contributed by atoms with van der Waals surface area (Å²) in [4.78, 5) is 10.4. The summed E-state index contributed by atoms with van der Waals surface area (Å²) < 4.78 is 4.62. The largest absolute Gasteiger partial charge is 0.447 e. The van der Waals surface area contributed by atoms with Gasteiger partial charge in [0, 0.05) is 0 Å². The Bertz CT molecular complexity index is 142. The molecule has 1 atom stereocenters. The van der Waals surface area contributed by atoms with Gasteiger partial charge in [-0.1, -0.05) is 12.2 Å². The van der Waals surface area contributed by atoms with E-state index in [0.29, 0.717) is 6.61 Å². The highest BCUT2D eigenvalue weighted by atomic mass is 16.6. The second kappa shape index (κ2) is 2.53. The Labute approximate surface area is 53.7 Å². The molecular weight excluding hydrogens is 118 g/mol. The first-order valence-corrected chi connectivity index (χ1v) is 2.89. The molecule has 1 aliphatic rings. The molecule has 3 nitrogen and oxygen atoms in total. The molecule has 0 spiro atoms. The van der Waals surface area contributed by atoms with Crippen LogP contribution in [0.3, 0.4) is 0 Å². The Balaban J connectivity index is 2.39. The van der Waals surface area contributed by atoms with Crippen LogP contribution < -0.4 is 5.32 Å². The highest BCUT2D eigenvalue weighted by molar-refractivity contribution is 5.70. The Morgan fingerprint density at radius 3 is 3.11 bits per heavy atom. The SMILES string of the molecule is C/C=C/C1COC(=O)N1. The van der Waals surface area contributed by atoms with E-state index in [1.165, 1.54) is 0 Å². The van der Waals surface area contributed by atoms with Crippen molar-refractivity contribution in [3.8, 4) is 0 Å². The van der Waals surface area contributed by atoms with Gasteiger partial charge in [-0.3, -0.25) is 0 Å². The minimum Gasteiger partial charge on any atom is -0.447 e. The summed E-state index contributed by atoms with van der Waals surface area (Å²) in [5.74, 6) is 0. The third kappa shape index (κ3) is 1.45. The van der Waals surface area contributed by atoms with E-state index < -0.39 is 0 Å². The first-order valence-electron chi connectivity index (χ1n) is 2.89. The van der Waals surface area contributed by atoms with Crippen LogP contribution in [-0.2, 0) is 4.74 Å². The monoisotopic (exact) mass is 127 g/mol. The van der Waals surface area contributed by atoms with E-state index in [2.05, 4.69) is 10.1 Å². The number of hydrogen-bond acceptors (Lipinski definition) is 2. The van der Waals surface area contributed by atoms with Gasteiger partial charge in [0.15, 0.2) is 0 Å². The van der Waals surface area contributed by atoms with E-state index in [9.17, 15) is 4.79 Å². The van der Waals surface area contributed by atoms with Gasteiger partial charge < -0.3 is 10.1 Å². The number of hydrogen-bond donors (Lipinski definition) is 1. The summed E-state index contributed by atoms with van der Waals surface area (Å²) >= 11 is 0. The zero-order valence-corrected chi connectivity index (χ0v) is 5.26. The number of cyclic esters (lactones) is 1. The number of ether oxygens (including phenoxy) is 1. The van der Waals surface area contributed by atoms with Crippen LogP contribution in [0.15, 0.2) is 12.2 Å². The highest BCUT2D eigenvalue weighted by Crippen LogP contribution is 1.97. The van der Waals surface area contributed by atoms with Crippen molar-refractivity contribution in [1.82, 2.24) is 5.32 Å². The van der Waals surface area contributed by atoms with Gasteiger partial charge in [0.1, 0.15) is 6.61 Å². The number of allylic oxidation sites excluding steroid dienone is 1. The standard InChI is InChI=1S/C6H9NO2/c1-2-3-5-4-9-6(8)7-5/h2-3,5H,4H2,1H3,(H,7,8)/b3-2+. The van der Waals surface area contributed by atoms with Crippen molar-refractivity contribution >= 4 is 6.09 Å². The molecule has 0 bridgehead atoms. The predicted molar refractivity (Wildman–Crippen MR) is 33.1 cm³/mol. The topological polar surface area (TPSA) is 38.3 Å². The van der Waals surface area contributed by atoms with Crippen LogP contribution in [0, 0.1) is 0 Å². The molecule has 0 aliphatic carbocycles. The zero-order chi connectivity index (χ0) is 6.69. The molecule has 0 aromatic rings. The van der Waals surface area contributed by atoms with E-state index >= 15 is 0 Å². The first kappa shape index (κ1) is 6.13. The fraction of sp³-hybridized carbons (Fsp3) is 0.500. The van der Waals surface area contributed by atoms with Gasteiger partial charge in [-0.2, -0.15) is 0 Å². The summed E-state index contributed by atoms with van der Waals surface area (Å²) in [6.45, 7) is 2.37. The lowest BCUT2D eigenvalue weighted by atomic mass is 10.3. The number of rotatable bonds is 1. The summed E-state index contributed by atoms with van der Waals surface area (Å²) in [5.41, 5.74) is 0. The molecular formula is C6H9NO2. The summed E-state index contributed by atoms with van der Waals surface area (Å²) in [7, 11) is 0. The summed E-state index contributed by atoms with van der Waals surface area (Å²) in [5, 5.41) is 2.61. The van der Waals surface area contributed by atoms with Crippen molar-refractivity contribution in [2.24, 2.45) is 0 Å². The molecule has 50 valence electrons. The molecule has 1 N–H and O–H groups in total. The van der Waals surface area contributed by atoms with Gasteiger partial charge in [-0.05, 0) is 6.92 Å². The van der Waals surface area contributed by atoms with Crippen LogP contribution >= 0.6 is 0 Å². The van der Waals surface area contributed by atoms with Crippen LogP contribution in [0.4, 0.5) is 4.79 Å². The number of carbonyl (C=O) groups excluding carboxylic acids is 1. The van der Waals surface area contributed by atoms with E-state index in [-0.39, 0.29) is 12.1 Å². The predicted octanol–water partition coefficient (Wildman–Crippen LogP) is 0.671. The van der Waals surface area contributed by atoms with Crippen molar-refractivity contribution in [1.29, 1.82) is 0 Å². The van der Waals surface area contributed by atoms with Gasteiger partial charge in [-0.25, -0.2) is 4.79 Å². The Morgan fingerprint density at radius 2 is 2.67 bits per heavy atom. The molecule has 9 heavy (non-hydrogen) atoms. The van der Waals surface area contributed by atoms with Gasteiger partial charge in [0.05, 0.1) is 6.04 Å². The maximum Gasteiger partial charge on any atom is 0.407 e. The molecule has 1 amide bonds. The lowest BCUT2D eigenvalue weighted by Gasteiger charge is -1.94. The second-order valence-corrected chi connectivity index (χ2v) is 1.88. The molecule has 0 saturated carbocycles. The summed E-state index contributed by atoms with van der Waals surface area (Å²) in [6.07, 6.45) is 3.46. The van der Waals surface area contributed by atoms with Crippen molar-refractivity contribution in [3.05, 3.63) is 12.2 Å². The molecule has 0 aromatic heterocycles. The quantitative estimate of drug-likeness (QED) is 0.526. The fourth-order valence-electron chi connectivity index (χ4n) is 0.736. The average Bonchev–Trinajstić information content (AvgIpc) is 2.17. The third-order valence-corrected chi connectivity index (χ3v) is 1.12. The van der Waals surface area contributed by atoms with Crippen LogP contribution in [0.1, 0.15) is 6.92 Å². The maximum atomic E-state index is 10.4. The molecule has 1 aliphatic heterocycles. The number of carbonyl (C=O) groups is 1. The lowest BCUT2D eigenvalue weighted by molar-refractivity contribution is 0.177. The summed E-state index contributed by atoms with van der Waals surface area (Å²) in [6, 6.07) is 0.0856. The molecule has 3 heteroatoms.